The summed E-state index contributed by atoms with van der Waals surface area (Å²) in [7, 11) is 0. The molecule has 0 amide bonds. The second-order valence-corrected chi connectivity index (χ2v) is 3.59. The van der Waals surface area contributed by atoms with Gasteiger partial charge in [-0.2, -0.15) is 5.10 Å². The quantitative estimate of drug-likeness (QED) is 0.749. The van der Waals surface area contributed by atoms with Gasteiger partial charge in [0.25, 0.3) is 0 Å². The van der Waals surface area contributed by atoms with E-state index in [1.807, 2.05) is 0 Å². The lowest BCUT2D eigenvalue weighted by molar-refractivity contribution is 0.642. The van der Waals surface area contributed by atoms with E-state index < -0.39 is 0 Å². The minimum atomic E-state index is 0.712. The largest absolute Gasteiger partial charge is 0.330 e. The van der Waals surface area contributed by atoms with Crippen molar-refractivity contribution in [1.82, 2.24) is 9.78 Å². The Labute approximate surface area is 78.9 Å². The molecule has 1 aromatic rings. The number of nitrogens with zero attached hydrogens (tertiary/aromatic N) is 2. The molecule has 0 aromatic carbocycles. The summed E-state index contributed by atoms with van der Waals surface area (Å²) in [5, 5.41) is 4.59. The van der Waals surface area contributed by atoms with Gasteiger partial charge in [-0.3, -0.25) is 4.68 Å². The van der Waals surface area contributed by atoms with Gasteiger partial charge in [-0.25, -0.2) is 0 Å². The number of hydrogen-bond donors (Lipinski definition) is 1. The minimum Gasteiger partial charge on any atom is -0.330 e. The molecule has 3 heteroatoms. The van der Waals surface area contributed by atoms with Gasteiger partial charge in [0.05, 0.1) is 5.69 Å². The molecule has 3 nitrogen and oxygen atoms in total. The van der Waals surface area contributed by atoms with E-state index in [4.69, 9.17) is 5.73 Å². The maximum absolute atomic E-state index is 5.55. The highest BCUT2D eigenvalue weighted by molar-refractivity contribution is 5.28. The van der Waals surface area contributed by atoms with Gasteiger partial charge in [0.15, 0.2) is 0 Å². The van der Waals surface area contributed by atoms with Crippen LogP contribution in [0.15, 0.2) is 0 Å². The predicted octanol–water partition coefficient (Wildman–Crippen LogP) is 0.893. The summed E-state index contributed by atoms with van der Waals surface area (Å²) >= 11 is 0. The number of nitrogens with two attached hydrogens (primary N) is 1. The molecule has 2 heterocycles. The summed E-state index contributed by atoms with van der Waals surface area (Å²) in [5.74, 6) is 0. The van der Waals surface area contributed by atoms with E-state index in [0.29, 0.717) is 6.54 Å². The summed E-state index contributed by atoms with van der Waals surface area (Å²) in [6.07, 6.45) is 4.51. The van der Waals surface area contributed by atoms with E-state index in [0.717, 1.165) is 19.4 Å². The van der Waals surface area contributed by atoms with Gasteiger partial charge < -0.3 is 5.73 Å². The SMILES string of the molecule is CCc1c(CCN)nn2c1CCC2. The van der Waals surface area contributed by atoms with Crippen molar-refractivity contribution >= 4 is 0 Å². The highest BCUT2D eigenvalue weighted by Crippen LogP contribution is 2.22. The van der Waals surface area contributed by atoms with Crippen LogP contribution in [-0.4, -0.2) is 16.3 Å². The fraction of sp³-hybridized carbons (Fsp3) is 0.700. The molecule has 0 bridgehead atoms. The summed E-state index contributed by atoms with van der Waals surface area (Å²) in [6.45, 7) is 4.02. The van der Waals surface area contributed by atoms with Crippen molar-refractivity contribution in [1.29, 1.82) is 0 Å². The molecule has 0 unspecified atom stereocenters. The molecule has 0 fully saturated rings. The summed E-state index contributed by atoms with van der Waals surface area (Å²) in [6, 6.07) is 0. The average Bonchev–Trinajstić information content (AvgIpc) is 2.64. The molecule has 0 saturated carbocycles. The van der Waals surface area contributed by atoms with Crippen LogP contribution in [0.1, 0.15) is 30.3 Å². The standard InChI is InChI=1S/C10H17N3/c1-2-8-9(5-6-11)12-13-7-3-4-10(8)13/h2-7,11H2,1H3. The molecule has 2 N–H and O–H groups in total. The fourth-order valence-corrected chi connectivity index (χ4v) is 2.20. The molecular weight excluding hydrogens is 162 g/mol. The maximum Gasteiger partial charge on any atom is 0.0671 e. The molecule has 1 aromatic heterocycles. The van der Waals surface area contributed by atoms with Gasteiger partial charge in [0, 0.05) is 18.7 Å². The molecule has 0 radical (unpaired) electrons. The molecule has 0 aliphatic carbocycles. The van der Waals surface area contributed by atoms with Crippen LogP contribution in [-0.2, 0) is 25.8 Å². The van der Waals surface area contributed by atoms with Crippen LogP contribution in [0, 0.1) is 0 Å². The summed E-state index contributed by atoms with van der Waals surface area (Å²) in [5.41, 5.74) is 9.71. The Morgan fingerprint density at radius 2 is 2.38 bits per heavy atom. The molecular formula is C10H17N3. The van der Waals surface area contributed by atoms with Crippen molar-refractivity contribution in [2.75, 3.05) is 6.54 Å². The normalized spacial score (nSPS) is 14.9. The van der Waals surface area contributed by atoms with E-state index in [9.17, 15) is 0 Å². The lowest BCUT2D eigenvalue weighted by atomic mass is 10.1. The summed E-state index contributed by atoms with van der Waals surface area (Å²) < 4.78 is 2.17. The second-order valence-electron chi connectivity index (χ2n) is 3.59. The van der Waals surface area contributed by atoms with Crippen molar-refractivity contribution in [3.63, 3.8) is 0 Å². The first-order valence-electron chi connectivity index (χ1n) is 5.14. The predicted molar refractivity (Wildman–Crippen MR) is 52.7 cm³/mol. The third-order valence-corrected chi connectivity index (χ3v) is 2.77. The number of aryl methyl sites for hydroxylation is 1. The fourth-order valence-electron chi connectivity index (χ4n) is 2.20. The van der Waals surface area contributed by atoms with E-state index in [1.165, 1.54) is 29.8 Å². The zero-order valence-electron chi connectivity index (χ0n) is 8.21. The zero-order chi connectivity index (χ0) is 9.26. The van der Waals surface area contributed by atoms with Crippen molar-refractivity contribution in [2.24, 2.45) is 5.73 Å². The van der Waals surface area contributed by atoms with Gasteiger partial charge in [-0.15, -0.1) is 0 Å². The Morgan fingerprint density at radius 1 is 1.54 bits per heavy atom. The zero-order valence-corrected chi connectivity index (χ0v) is 8.21. The first-order chi connectivity index (χ1) is 6.36. The number of rotatable bonds is 3. The van der Waals surface area contributed by atoms with Gasteiger partial charge in [-0.1, -0.05) is 6.92 Å². The van der Waals surface area contributed by atoms with Crippen LogP contribution in [0.25, 0.3) is 0 Å². The Morgan fingerprint density at radius 3 is 3.08 bits per heavy atom. The first-order valence-corrected chi connectivity index (χ1v) is 5.14. The topological polar surface area (TPSA) is 43.8 Å². The highest BCUT2D eigenvalue weighted by Gasteiger charge is 2.19. The van der Waals surface area contributed by atoms with Crippen LogP contribution in [0.5, 0.6) is 0 Å². The van der Waals surface area contributed by atoms with Gasteiger partial charge >= 0.3 is 0 Å². The van der Waals surface area contributed by atoms with E-state index in [-0.39, 0.29) is 0 Å². The van der Waals surface area contributed by atoms with Crippen molar-refractivity contribution in [3.05, 3.63) is 17.0 Å². The van der Waals surface area contributed by atoms with E-state index in [1.54, 1.807) is 0 Å². The average molecular weight is 179 g/mol. The van der Waals surface area contributed by atoms with Gasteiger partial charge in [-0.05, 0) is 31.4 Å². The Kier molecular flexibility index (Phi) is 2.36. The van der Waals surface area contributed by atoms with Crippen LogP contribution >= 0.6 is 0 Å². The number of fused-ring (bicyclic) bond motifs is 1. The molecule has 1 aliphatic heterocycles. The highest BCUT2D eigenvalue weighted by atomic mass is 15.3. The molecule has 2 rings (SSSR count). The monoisotopic (exact) mass is 179 g/mol. The van der Waals surface area contributed by atoms with Crippen molar-refractivity contribution in [2.45, 2.75) is 39.2 Å². The Hall–Kier alpha value is -0.830. The van der Waals surface area contributed by atoms with E-state index in [2.05, 4.69) is 16.7 Å². The Bertz CT molecular complexity index is 301. The molecule has 0 spiro atoms. The third kappa shape index (κ3) is 1.37. The third-order valence-electron chi connectivity index (χ3n) is 2.77. The minimum absolute atomic E-state index is 0.712. The van der Waals surface area contributed by atoms with Crippen LogP contribution in [0.4, 0.5) is 0 Å². The smallest absolute Gasteiger partial charge is 0.0671 e. The van der Waals surface area contributed by atoms with Gasteiger partial charge in [0.1, 0.15) is 0 Å². The molecule has 1 aliphatic rings. The second kappa shape index (κ2) is 3.50. The van der Waals surface area contributed by atoms with Crippen LogP contribution in [0.2, 0.25) is 0 Å². The molecule has 72 valence electrons. The lowest BCUT2D eigenvalue weighted by Gasteiger charge is -1.98. The van der Waals surface area contributed by atoms with Gasteiger partial charge in [0.2, 0.25) is 0 Å². The van der Waals surface area contributed by atoms with Crippen LogP contribution < -0.4 is 5.73 Å². The first kappa shape index (κ1) is 8.75. The van der Waals surface area contributed by atoms with E-state index >= 15 is 0 Å². The summed E-state index contributed by atoms with van der Waals surface area (Å²) in [4.78, 5) is 0. The maximum atomic E-state index is 5.55. The number of aromatic nitrogens is 2. The molecule has 0 atom stereocenters. The van der Waals surface area contributed by atoms with Crippen LogP contribution in [0.3, 0.4) is 0 Å². The Balaban J connectivity index is 2.35. The lowest BCUT2D eigenvalue weighted by Crippen LogP contribution is -2.06. The molecule has 13 heavy (non-hydrogen) atoms. The van der Waals surface area contributed by atoms with Crippen molar-refractivity contribution in [3.8, 4) is 0 Å². The number of hydrogen-bond acceptors (Lipinski definition) is 2. The van der Waals surface area contributed by atoms with Crippen molar-refractivity contribution < 1.29 is 0 Å². The molecule has 0 saturated heterocycles.